The normalized spacial score (nSPS) is 10.4. The van der Waals surface area contributed by atoms with Gasteiger partial charge in [-0.15, -0.1) is 11.8 Å². The molecule has 0 aliphatic rings. The van der Waals surface area contributed by atoms with Crippen molar-refractivity contribution in [1.29, 1.82) is 0 Å². The average Bonchev–Trinajstić information content (AvgIpc) is 2.91. The highest BCUT2D eigenvalue weighted by atomic mass is 32.2. The van der Waals surface area contributed by atoms with Gasteiger partial charge in [0.05, 0.1) is 12.1 Å². The fourth-order valence-electron chi connectivity index (χ4n) is 1.49. The van der Waals surface area contributed by atoms with Gasteiger partial charge in [0.2, 0.25) is 5.91 Å². The number of imidazole rings is 1. The lowest BCUT2D eigenvalue weighted by Gasteiger charge is -2.04. The fourth-order valence-corrected chi connectivity index (χ4v) is 2.22. The first-order chi connectivity index (χ1) is 9.24. The van der Waals surface area contributed by atoms with Crippen molar-refractivity contribution in [2.45, 2.75) is 11.3 Å². The van der Waals surface area contributed by atoms with Crippen LogP contribution >= 0.6 is 11.8 Å². The molecule has 0 atom stereocenters. The monoisotopic (exact) mass is 279 g/mol. The molecule has 0 fully saturated rings. The molecule has 6 heteroatoms. The number of benzene rings is 1. The van der Waals surface area contributed by atoms with Crippen LogP contribution in [0.1, 0.15) is 5.69 Å². The second kappa shape index (κ2) is 6.94. The van der Waals surface area contributed by atoms with Gasteiger partial charge >= 0.3 is 0 Å². The third-order valence-electron chi connectivity index (χ3n) is 2.45. The standard InChI is InChI=1S/C13H14FN3OS/c14-10-1-3-12(4-2-10)19-8-13(18)16-6-5-11-7-15-9-17-11/h1-4,7,9H,5-6,8H2,(H,15,17)(H,16,18). The van der Waals surface area contributed by atoms with Gasteiger partial charge in [0.1, 0.15) is 5.82 Å². The van der Waals surface area contributed by atoms with E-state index >= 15 is 0 Å². The Morgan fingerprint density at radius 2 is 2.16 bits per heavy atom. The molecular formula is C13H14FN3OS. The van der Waals surface area contributed by atoms with Crippen molar-refractivity contribution in [2.75, 3.05) is 12.3 Å². The number of aromatic nitrogens is 2. The SMILES string of the molecule is O=C(CSc1ccc(F)cc1)NCCc1cnc[nH]1. The molecule has 1 amide bonds. The summed E-state index contributed by atoms with van der Waals surface area (Å²) in [7, 11) is 0. The van der Waals surface area contributed by atoms with Crippen molar-refractivity contribution in [3.05, 3.63) is 48.3 Å². The van der Waals surface area contributed by atoms with Crippen LogP contribution in [-0.4, -0.2) is 28.2 Å². The van der Waals surface area contributed by atoms with Crippen LogP contribution < -0.4 is 5.32 Å². The number of hydrogen-bond donors (Lipinski definition) is 2. The van der Waals surface area contributed by atoms with Crippen LogP contribution in [0.3, 0.4) is 0 Å². The zero-order valence-electron chi connectivity index (χ0n) is 10.2. The Bertz CT molecular complexity index is 513. The Kier molecular flexibility index (Phi) is 4.97. The number of amides is 1. The van der Waals surface area contributed by atoms with Gasteiger partial charge in [-0.25, -0.2) is 9.37 Å². The minimum absolute atomic E-state index is 0.0335. The highest BCUT2D eigenvalue weighted by Gasteiger charge is 2.03. The molecule has 1 heterocycles. The number of carbonyl (C=O) groups excluding carboxylic acids is 1. The van der Waals surface area contributed by atoms with Gasteiger partial charge in [-0.2, -0.15) is 0 Å². The first kappa shape index (κ1) is 13.6. The van der Waals surface area contributed by atoms with Crippen molar-refractivity contribution in [2.24, 2.45) is 0 Å². The molecule has 2 rings (SSSR count). The van der Waals surface area contributed by atoms with Gasteiger partial charge in [-0.05, 0) is 24.3 Å². The summed E-state index contributed by atoms with van der Waals surface area (Å²) >= 11 is 1.39. The molecule has 0 unspecified atom stereocenters. The van der Waals surface area contributed by atoms with Gasteiger partial charge in [0.25, 0.3) is 0 Å². The average molecular weight is 279 g/mol. The number of carbonyl (C=O) groups is 1. The second-order valence-corrected chi connectivity index (χ2v) is 4.97. The van der Waals surface area contributed by atoms with Crippen LogP contribution in [0.4, 0.5) is 4.39 Å². The Morgan fingerprint density at radius 1 is 1.37 bits per heavy atom. The first-order valence-corrected chi connectivity index (χ1v) is 6.85. The van der Waals surface area contributed by atoms with Gasteiger partial charge in [-0.3, -0.25) is 4.79 Å². The number of thioether (sulfide) groups is 1. The number of hydrogen-bond acceptors (Lipinski definition) is 3. The van der Waals surface area contributed by atoms with E-state index in [-0.39, 0.29) is 11.7 Å². The van der Waals surface area contributed by atoms with Gasteiger partial charge in [0, 0.05) is 29.8 Å². The van der Waals surface area contributed by atoms with Crippen molar-refractivity contribution < 1.29 is 9.18 Å². The maximum absolute atomic E-state index is 12.7. The summed E-state index contributed by atoms with van der Waals surface area (Å²) < 4.78 is 12.7. The minimum Gasteiger partial charge on any atom is -0.355 e. The molecule has 19 heavy (non-hydrogen) atoms. The number of nitrogens with one attached hydrogen (secondary N) is 2. The number of halogens is 1. The van der Waals surface area contributed by atoms with E-state index < -0.39 is 0 Å². The van der Waals surface area contributed by atoms with E-state index in [1.807, 2.05) is 0 Å². The van der Waals surface area contributed by atoms with Crippen molar-refractivity contribution >= 4 is 17.7 Å². The Hall–Kier alpha value is -1.82. The van der Waals surface area contributed by atoms with E-state index in [0.29, 0.717) is 12.3 Å². The highest BCUT2D eigenvalue weighted by Crippen LogP contribution is 2.17. The summed E-state index contributed by atoms with van der Waals surface area (Å²) in [6.07, 6.45) is 4.08. The molecule has 0 aliphatic carbocycles. The summed E-state index contributed by atoms with van der Waals surface area (Å²) in [5.74, 6) is 0.0245. The van der Waals surface area contributed by atoms with E-state index in [1.54, 1.807) is 24.7 Å². The summed E-state index contributed by atoms with van der Waals surface area (Å²) in [6, 6.07) is 6.10. The van der Waals surface area contributed by atoms with Crippen LogP contribution in [0.2, 0.25) is 0 Å². The third kappa shape index (κ3) is 4.75. The number of H-pyrrole nitrogens is 1. The quantitative estimate of drug-likeness (QED) is 0.795. The van der Waals surface area contributed by atoms with Gasteiger partial charge < -0.3 is 10.3 Å². The number of aromatic amines is 1. The van der Waals surface area contributed by atoms with Gasteiger partial charge in [0.15, 0.2) is 0 Å². The molecule has 1 aromatic heterocycles. The Morgan fingerprint density at radius 3 is 2.84 bits per heavy atom. The van der Waals surface area contributed by atoms with E-state index in [2.05, 4.69) is 15.3 Å². The van der Waals surface area contributed by atoms with Crippen molar-refractivity contribution in [3.8, 4) is 0 Å². The summed E-state index contributed by atoms with van der Waals surface area (Å²) in [5, 5.41) is 2.82. The first-order valence-electron chi connectivity index (χ1n) is 5.86. The lowest BCUT2D eigenvalue weighted by atomic mass is 10.3. The molecule has 0 saturated heterocycles. The predicted octanol–water partition coefficient (Wildman–Crippen LogP) is 2.00. The summed E-state index contributed by atoms with van der Waals surface area (Å²) in [5.41, 5.74) is 0.992. The summed E-state index contributed by atoms with van der Waals surface area (Å²) in [6.45, 7) is 0.574. The zero-order valence-corrected chi connectivity index (χ0v) is 11.0. The highest BCUT2D eigenvalue weighted by molar-refractivity contribution is 8.00. The van der Waals surface area contributed by atoms with Crippen LogP contribution in [-0.2, 0) is 11.2 Å². The van der Waals surface area contributed by atoms with E-state index in [0.717, 1.165) is 17.0 Å². The molecular weight excluding hydrogens is 265 g/mol. The molecule has 0 aliphatic heterocycles. The van der Waals surface area contributed by atoms with Crippen LogP contribution in [0, 0.1) is 5.82 Å². The smallest absolute Gasteiger partial charge is 0.230 e. The zero-order chi connectivity index (χ0) is 13.5. The fraction of sp³-hybridized carbons (Fsp3) is 0.231. The Labute approximate surface area is 114 Å². The van der Waals surface area contributed by atoms with Crippen LogP contribution in [0.25, 0.3) is 0 Å². The summed E-state index contributed by atoms with van der Waals surface area (Å²) in [4.78, 5) is 19.3. The largest absolute Gasteiger partial charge is 0.355 e. The molecule has 2 N–H and O–H groups in total. The molecule has 1 aromatic carbocycles. The molecule has 100 valence electrons. The lowest BCUT2D eigenvalue weighted by Crippen LogP contribution is -2.27. The van der Waals surface area contributed by atoms with Crippen molar-refractivity contribution in [3.63, 3.8) is 0 Å². The van der Waals surface area contributed by atoms with E-state index in [1.165, 1.54) is 23.9 Å². The Balaban J connectivity index is 1.65. The molecule has 4 nitrogen and oxygen atoms in total. The van der Waals surface area contributed by atoms with Crippen molar-refractivity contribution in [1.82, 2.24) is 15.3 Å². The maximum atomic E-state index is 12.7. The molecule has 0 radical (unpaired) electrons. The topological polar surface area (TPSA) is 57.8 Å². The van der Waals surface area contributed by atoms with Gasteiger partial charge in [-0.1, -0.05) is 0 Å². The molecule has 0 bridgehead atoms. The molecule has 0 saturated carbocycles. The number of nitrogens with zero attached hydrogens (tertiary/aromatic N) is 1. The van der Waals surface area contributed by atoms with Crippen LogP contribution in [0.5, 0.6) is 0 Å². The third-order valence-corrected chi connectivity index (χ3v) is 3.47. The maximum Gasteiger partial charge on any atom is 0.230 e. The van der Waals surface area contributed by atoms with E-state index in [4.69, 9.17) is 0 Å². The minimum atomic E-state index is -0.270. The second-order valence-electron chi connectivity index (χ2n) is 3.92. The van der Waals surface area contributed by atoms with Crippen LogP contribution in [0.15, 0.2) is 41.7 Å². The van der Waals surface area contributed by atoms with E-state index in [9.17, 15) is 9.18 Å². The number of rotatable bonds is 6. The molecule has 0 spiro atoms. The molecule has 2 aromatic rings. The predicted molar refractivity (Wildman–Crippen MR) is 72.4 cm³/mol. The lowest BCUT2D eigenvalue weighted by molar-refractivity contribution is -0.118.